The van der Waals surface area contributed by atoms with Gasteiger partial charge < -0.3 is 5.32 Å². The minimum absolute atomic E-state index is 0.142. The number of amides is 1. The summed E-state index contributed by atoms with van der Waals surface area (Å²) in [4.78, 5) is 18.8. The van der Waals surface area contributed by atoms with Crippen LogP contribution in [-0.4, -0.2) is 30.9 Å². The molecule has 3 aromatic heterocycles. The molecule has 5 rings (SSSR count). The number of aryl methyl sites for hydroxylation is 2. The molecule has 5 aromatic rings. The van der Waals surface area contributed by atoms with Crippen LogP contribution in [0, 0.1) is 13.8 Å². The van der Waals surface area contributed by atoms with E-state index in [9.17, 15) is 4.79 Å². The molecule has 0 saturated carbocycles. The molecule has 7 nitrogen and oxygen atoms in total. The molecule has 2 N–H and O–H groups in total. The van der Waals surface area contributed by atoms with E-state index in [1.807, 2.05) is 79.2 Å². The molecule has 0 unspecified atom stereocenters. The van der Waals surface area contributed by atoms with E-state index in [-0.39, 0.29) is 5.91 Å². The van der Waals surface area contributed by atoms with Gasteiger partial charge in [0, 0.05) is 16.6 Å². The Morgan fingerprint density at radius 2 is 1.83 bits per heavy atom. The van der Waals surface area contributed by atoms with Gasteiger partial charge in [0.15, 0.2) is 5.82 Å². The fourth-order valence-corrected chi connectivity index (χ4v) is 4.35. The number of benzene rings is 2. The number of carbonyl (C=O) groups is 1. The summed E-state index contributed by atoms with van der Waals surface area (Å²) < 4.78 is 1.89. The first-order valence-electron chi connectivity index (χ1n) is 9.44. The molecular formula is C22H18N6OS. The summed E-state index contributed by atoms with van der Waals surface area (Å²) >= 11 is 1.43. The van der Waals surface area contributed by atoms with Crippen molar-refractivity contribution in [1.29, 1.82) is 0 Å². The van der Waals surface area contributed by atoms with E-state index in [2.05, 4.69) is 25.6 Å². The molecule has 0 spiro atoms. The zero-order valence-corrected chi connectivity index (χ0v) is 17.2. The highest BCUT2D eigenvalue weighted by molar-refractivity contribution is 7.20. The first-order chi connectivity index (χ1) is 14.6. The third-order valence-corrected chi connectivity index (χ3v) is 5.88. The van der Waals surface area contributed by atoms with Crippen molar-refractivity contribution in [1.82, 2.24) is 25.0 Å². The summed E-state index contributed by atoms with van der Waals surface area (Å²) in [5.41, 5.74) is 3.48. The summed E-state index contributed by atoms with van der Waals surface area (Å²) in [6.45, 7) is 3.81. The molecule has 0 aliphatic carbocycles. The van der Waals surface area contributed by atoms with E-state index < -0.39 is 0 Å². The average molecular weight is 414 g/mol. The number of aromatic nitrogens is 5. The van der Waals surface area contributed by atoms with Crippen LogP contribution in [0.15, 0.2) is 60.7 Å². The van der Waals surface area contributed by atoms with Gasteiger partial charge in [-0.2, -0.15) is 10.2 Å². The smallest absolute Gasteiger partial charge is 0.265 e. The van der Waals surface area contributed by atoms with Crippen molar-refractivity contribution in [2.24, 2.45) is 0 Å². The molecule has 0 atom stereocenters. The Balaban J connectivity index is 1.40. The Hall–Kier alpha value is -3.78. The van der Waals surface area contributed by atoms with Gasteiger partial charge in [-0.25, -0.2) is 9.67 Å². The standard InChI is InChI=1S/C22H18N6OS/c1-13-18-12-19(30-22(18)28(27-13)17-6-4-3-5-7-17)21(29)24-16-10-8-15(9-11-16)20-23-14(2)25-26-20/h3-12H,1-2H3,(H,24,29)(H,23,25,26). The van der Waals surface area contributed by atoms with Crippen molar-refractivity contribution in [3.63, 3.8) is 0 Å². The third-order valence-electron chi connectivity index (χ3n) is 4.77. The number of fused-ring (bicyclic) bond motifs is 1. The predicted octanol–water partition coefficient (Wildman–Crippen LogP) is 4.74. The Labute approximate surface area is 176 Å². The highest BCUT2D eigenvalue weighted by atomic mass is 32.1. The molecule has 2 aromatic carbocycles. The molecule has 0 bridgehead atoms. The number of H-pyrrole nitrogens is 1. The number of hydrogen-bond acceptors (Lipinski definition) is 5. The van der Waals surface area contributed by atoms with Crippen LogP contribution in [0.2, 0.25) is 0 Å². The number of para-hydroxylation sites is 1. The van der Waals surface area contributed by atoms with Crippen LogP contribution in [0.4, 0.5) is 5.69 Å². The molecular weight excluding hydrogens is 396 g/mol. The van der Waals surface area contributed by atoms with Crippen LogP contribution in [0.5, 0.6) is 0 Å². The first kappa shape index (κ1) is 18.3. The summed E-state index contributed by atoms with van der Waals surface area (Å²) in [6, 6.07) is 19.3. The van der Waals surface area contributed by atoms with E-state index in [4.69, 9.17) is 0 Å². The SMILES string of the molecule is Cc1nc(-c2ccc(NC(=O)c3cc4c(C)nn(-c5ccccc5)c4s3)cc2)n[nH]1. The van der Waals surface area contributed by atoms with Gasteiger partial charge in [0.1, 0.15) is 10.7 Å². The van der Waals surface area contributed by atoms with E-state index in [0.717, 1.165) is 38.7 Å². The second-order valence-corrected chi connectivity index (χ2v) is 7.97. The monoisotopic (exact) mass is 414 g/mol. The number of thiophene rings is 1. The number of hydrogen-bond donors (Lipinski definition) is 2. The number of aromatic amines is 1. The number of carbonyl (C=O) groups excluding carboxylic acids is 1. The minimum Gasteiger partial charge on any atom is -0.321 e. The van der Waals surface area contributed by atoms with Crippen molar-refractivity contribution in [3.8, 4) is 17.1 Å². The Kier molecular flexibility index (Phi) is 4.40. The summed E-state index contributed by atoms with van der Waals surface area (Å²) in [7, 11) is 0. The third kappa shape index (κ3) is 3.27. The van der Waals surface area contributed by atoms with Crippen molar-refractivity contribution in [3.05, 3.63) is 77.1 Å². The van der Waals surface area contributed by atoms with Gasteiger partial charge in [-0.05, 0) is 56.3 Å². The molecule has 0 radical (unpaired) electrons. The van der Waals surface area contributed by atoms with Gasteiger partial charge in [0.25, 0.3) is 5.91 Å². The van der Waals surface area contributed by atoms with Crippen LogP contribution in [-0.2, 0) is 0 Å². The zero-order valence-electron chi connectivity index (χ0n) is 16.4. The van der Waals surface area contributed by atoms with Gasteiger partial charge >= 0.3 is 0 Å². The molecule has 0 aliphatic heterocycles. The lowest BCUT2D eigenvalue weighted by Crippen LogP contribution is -2.10. The van der Waals surface area contributed by atoms with Crippen LogP contribution in [0.3, 0.4) is 0 Å². The minimum atomic E-state index is -0.142. The van der Waals surface area contributed by atoms with Crippen molar-refractivity contribution in [2.45, 2.75) is 13.8 Å². The van der Waals surface area contributed by atoms with Crippen molar-refractivity contribution in [2.75, 3.05) is 5.32 Å². The van der Waals surface area contributed by atoms with Crippen molar-refractivity contribution < 1.29 is 4.79 Å². The molecule has 0 aliphatic rings. The molecule has 0 fully saturated rings. The van der Waals surface area contributed by atoms with Gasteiger partial charge in [-0.3, -0.25) is 9.89 Å². The normalized spacial score (nSPS) is 11.1. The number of rotatable bonds is 4. The number of nitrogens with zero attached hydrogens (tertiary/aromatic N) is 4. The second-order valence-electron chi connectivity index (χ2n) is 6.94. The van der Waals surface area contributed by atoms with Gasteiger partial charge in [0.05, 0.1) is 16.3 Å². The quantitative estimate of drug-likeness (QED) is 0.444. The van der Waals surface area contributed by atoms with Crippen LogP contribution >= 0.6 is 11.3 Å². The summed E-state index contributed by atoms with van der Waals surface area (Å²) in [5, 5.41) is 15.6. The second kappa shape index (κ2) is 7.23. The van der Waals surface area contributed by atoms with Gasteiger partial charge in [-0.15, -0.1) is 11.3 Å². The van der Waals surface area contributed by atoms with E-state index in [0.29, 0.717) is 10.7 Å². The highest BCUT2D eigenvalue weighted by Crippen LogP contribution is 2.31. The molecule has 3 heterocycles. The van der Waals surface area contributed by atoms with E-state index >= 15 is 0 Å². The Bertz CT molecular complexity index is 1350. The average Bonchev–Trinajstić information content (AvgIpc) is 3.46. The van der Waals surface area contributed by atoms with Crippen LogP contribution in [0.1, 0.15) is 21.2 Å². The number of nitrogens with one attached hydrogen (secondary N) is 2. The molecule has 148 valence electrons. The van der Waals surface area contributed by atoms with Crippen LogP contribution in [0.25, 0.3) is 27.3 Å². The first-order valence-corrected chi connectivity index (χ1v) is 10.3. The van der Waals surface area contributed by atoms with Crippen LogP contribution < -0.4 is 5.32 Å². The molecule has 0 saturated heterocycles. The zero-order chi connectivity index (χ0) is 20.7. The maximum atomic E-state index is 12.8. The molecule has 1 amide bonds. The lowest BCUT2D eigenvalue weighted by atomic mass is 10.2. The maximum Gasteiger partial charge on any atom is 0.265 e. The topological polar surface area (TPSA) is 88.5 Å². The number of anilines is 1. The Morgan fingerprint density at radius 1 is 1.07 bits per heavy atom. The Morgan fingerprint density at radius 3 is 2.53 bits per heavy atom. The largest absolute Gasteiger partial charge is 0.321 e. The van der Waals surface area contributed by atoms with Gasteiger partial charge in [0.2, 0.25) is 0 Å². The van der Waals surface area contributed by atoms with E-state index in [1.165, 1.54) is 11.3 Å². The fraction of sp³-hybridized carbons (Fsp3) is 0.0909. The molecule has 30 heavy (non-hydrogen) atoms. The lowest BCUT2D eigenvalue weighted by Gasteiger charge is -2.04. The predicted molar refractivity (Wildman–Crippen MR) is 118 cm³/mol. The lowest BCUT2D eigenvalue weighted by molar-refractivity contribution is 0.103. The van der Waals surface area contributed by atoms with E-state index in [1.54, 1.807) is 0 Å². The molecule has 8 heteroatoms. The fourth-order valence-electron chi connectivity index (χ4n) is 3.27. The van der Waals surface area contributed by atoms with Crippen molar-refractivity contribution >= 4 is 33.1 Å². The summed E-state index contributed by atoms with van der Waals surface area (Å²) in [6.07, 6.45) is 0. The summed E-state index contributed by atoms with van der Waals surface area (Å²) in [5.74, 6) is 1.25. The highest BCUT2D eigenvalue weighted by Gasteiger charge is 2.17. The van der Waals surface area contributed by atoms with Gasteiger partial charge in [-0.1, -0.05) is 18.2 Å². The maximum absolute atomic E-state index is 12.8.